The Balaban J connectivity index is 1.33. The van der Waals surface area contributed by atoms with Crippen molar-refractivity contribution >= 4 is 46.4 Å². The van der Waals surface area contributed by atoms with Gasteiger partial charge in [-0.3, -0.25) is 4.79 Å². The van der Waals surface area contributed by atoms with E-state index >= 15 is 0 Å². The summed E-state index contributed by atoms with van der Waals surface area (Å²) in [5.74, 6) is -0.863. The van der Waals surface area contributed by atoms with E-state index in [4.69, 9.17) is 25.5 Å². The first kappa shape index (κ1) is 21.5. The number of halogens is 1. The lowest BCUT2D eigenvalue weighted by Gasteiger charge is -2.04. The van der Waals surface area contributed by atoms with E-state index in [1.807, 2.05) is 0 Å². The minimum Gasteiger partial charge on any atom is -0.465 e. The molecule has 8 heteroatoms. The number of benzene rings is 3. The van der Waals surface area contributed by atoms with Gasteiger partial charge in [0.25, 0.3) is 0 Å². The molecule has 0 atom stereocenters. The van der Waals surface area contributed by atoms with Crippen LogP contribution in [0.4, 0.5) is 0 Å². The maximum absolute atomic E-state index is 12.7. The largest absolute Gasteiger partial charge is 0.465 e. The number of ketones is 1. The zero-order valence-corrected chi connectivity index (χ0v) is 18.4. The van der Waals surface area contributed by atoms with Gasteiger partial charge in [0.05, 0.1) is 18.2 Å². The van der Waals surface area contributed by atoms with Gasteiger partial charge in [-0.25, -0.2) is 9.59 Å². The zero-order valence-electron chi connectivity index (χ0n) is 17.7. The molecule has 0 unspecified atom stereocenters. The number of carbonyl (C=O) groups excluding carboxylic acids is 3. The van der Waals surface area contributed by atoms with Gasteiger partial charge in [-0.15, -0.1) is 0 Å². The summed E-state index contributed by atoms with van der Waals surface area (Å²) >= 11 is 5.97. The van der Waals surface area contributed by atoms with Crippen LogP contribution in [-0.4, -0.2) is 24.8 Å². The van der Waals surface area contributed by atoms with Gasteiger partial charge in [0.15, 0.2) is 5.76 Å². The molecule has 168 valence electrons. The first-order chi connectivity index (χ1) is 16.4. The van der Waals surface area contributed by atoms with Crippen LogP contribution in [-0.2, 0) is 4.74 Å². The molecule has 0 spiro atoms. The summed E-state index contributed by atoms with van der Waals surface area (Å²) in [4.78, 5) is 36.8. The van der Waals surface area contributed by atoms with Crippen LogP contribution in [0.15, 0.2) is 76.9 Å². The number of rotatable bonds is 4. The maximum Gasteiger partial charge on any atom is 0.379 e. The fraction of sp³-hybridized carbons (Fsp3) is 0.0385. The van der Waals surface area contributed by atoms with Gasteiger partial charge in [0.2, 0.25) is 11.5 Å². The highest BCUT2D eigenvalue weighted by atomic mass is 35.5. The van der Waals surface area contributed by atoms with Crippen molar-refractivity contribution in [1.82, 2.24) is 0 Å². The number of esters is 2. The topological polar surface area (TPSA) is 92.0 Å². The number of Topliss-reactive ketones (excluding diaryl/α,β-unsaturated/α-hetero) is 1. The summed E-state index contributed by atoms with van der Waals surface area (Å²) in [6, 6.07) is 17.6. The third-order valence-electron chi connectivity index (χ3n) is 5.16. The SMILES string of the molecule is COC(=O)c1ccc(/C=C2\Oc3cc(OC(=O)c4cc5cc(Cl)ccc5o4)ccc3C2=O)cc1. The fourth-order valence-corrected chi connectivity index (χ4v) is 3.67. The first-order valence-electron chi connectivity index (χ1n) is 10.1. The van der Waals surface area contributed by atoms with Gasteiger partial charge < -0.3 is 18.6 Å². The van der Waals surface area contributed by atoms with Crippen molar-refractivity contribution in [3.8, 4) is 11.5 Å². The van der Waals surface area contributed by atoms with Crippen LogP contribution < -0.4 is 9.47 Å². The van der Waals surface area contributed by atoms with E-state index in [0.29, 0.717) is 32.7 Å². The Kier molecular flexibility index (Phi) is 5.39. The Morgan fingerprint density at radius 2 is 1.74 bits per heavy atom. The minimum atomic E-state index is -0.696. The van der Waals surface area contributed by atoms with Crippen molar-refractivity contribution in [3.63, 3.8) is 0 Å². The third-order valence-corrected chi connectivity index (χ3v) is 5.40. The van der Waals surface area contributed by atoms with Crippen LogP contribution in [0.5, 0.6) is 11.5 Å². The highest BCUT2D eigenvalue weighted by molar-refractivity contribution is 6.31. The Hall–Kier alpha value is -4.36. The maximum atomic E-state index is 12.7. The molecule has 7 nitrogen and oxygen atoms in total. The average molecular weight is 475 g/mol. The smallest absolute Gasteiger partial charge is 0.379 e. The van der Waals surface area contributed by atoms with Crippen LogP contribution in [0.1, 0.15) is 36.8 Å². The van der Waals surface area contributed by atoms with E-state index in [0.717, 1.165) is 0 Å². The van der Waals surface area contributed by atoms with Crippen molar-refractivity contribution in [3.05, 3.63) is 100.0 Å². The van der Waals surface area contributed by atoms with Gasteiger partial charge in [0.1, 0.15) is 17.1 Å². The molecule has 0 saturated heterocycles. The third kappa shape index (κ3) is 4.04. The molecule has 3 aromatic carbocycles. The highest BCUT2D eigenvalue weighted by Crippen LogP contribution is 2.35. The molecule has 1 aliphatic heterocycles. The van der Waals surface area contributed by atoms with E-state index < -0.39 is 11.9 Å². The standard InChI is InChI=1S/C26H15ClO7/c1-31-25(29)15-4-2-14(3-5-15)10-22-24(28)19-8-7-18(13-21(19)34-22)32-26(30)23-12-16-11-17(27)6-9-20(16)33-23/h2-13H,1H3/b22-10-. The molecule has 0 fully saturated rings. The van der Waals surface area contributed by atoms with E-state index in [9.17, 15) is 14.4 Å². The fourth-order valence-electron chi connectivity index (χ4n) is 3.49. The molecular weight excluding hydrogens is 460 g/mol. The van der Waals surface area contributed by atoms with Gasteiger partial charge in [-0.05, 0) is 60.2 Å². The molecule has 1 aliphatic rings. The highest BCUT2D eigenvalue weighted by Gasteiger charge is 2.28. The molecule has 5 rings (SSSR count). The summed E-state index contributed by atoms with van der Waals surface area (Å²) in [6.45, 7) is 0. The minimum absolute atomic E-state index is 0.0192. The van der Waals surface area contributed by atoms with E-state index in [1.165, 1.54) is 25.3 Å². The normalized spacial score (nSPS) is 13.6. The molecule has 0 saturated carbocycles. The molecule has 0 radical (unpaired) electrons. The lowest BCUT2D eigenvalue weighted by molar-refractivity contribution is 0.0600. The van der Waals surface area contributed by atoms with Gasteiger partial charge in [0, 0.05) is 16.5 Å². The second-order valence-electron chi connectivity index (χ2n) is 7.39. The molecule has 34 heavy (non-hydrogen) atoms. The molecule has 0 aliphatic carbocycles. The molecule has 2 heterocycles. The lowest BCUT2D eigenvalue weighted by atomic mass is 10.1. The molecule has 4 aromatic rings. The first-order valence-corrected chi connectivity index (χ1v) is 10.5. The van der Waals surface area contributed by atoms with Crippen LogP contribution in [0.3, 0.4) is 0 Å². The number of ether oxygens (including phenoxy) is 3. The number of hydrogen-bond donors (Lipinski definition) is 0. The van der Waals surface area contributed by atoms with Crippen molar-refractivity contribution in [2.24, 2.45) is 0 Å². The summed E-state index contributed by atoms with van der Waals surface area (Å²) in [5, 5.41) is 1.20. The second-order valence-corrected chi connectivity index (χ2v) is 7.83. The predicted octanol–water partition coefficient (Wildman–Crippen LogP) is 5.71. The predicted molar refractivity (Wildman–Crippen MR) is 123 cm³/mol. The van der Waals surface area contributed by atoms with E-state index in [-0.39, 0.29) is 28.8 Å². The van der Waals surface area contributed by atoms with Crippen molar-refractivity contribution in [2.75, 3.05) is 7.11 Å². The van der Waals surface area contributed by atoms with Crippen molar-refractivity contribution in [1.29, 1.82) is 0 Å². The molecule has 0 N–H and O–H groups in total. The average Bonchev–Trinajstić information content (AvgIpc) is 3.39. The lowest BCUT2D eigenvalue weighted by Crippen LogP contribution is -2.07. The van der Waals surface area contributed by atoms with Crippen molar-refractivity contribution in [2.45, 2.75) is 0 Å². The molecule has 0 amide bonds. The Labute approximate surface area is 198 Å². The number of allylic oxidation sites excluding steroid dienone is 1. The molecule has 1 aromatic heterocycles. The van der Waals surface area contributed by atoms with Gasteiger partial charge in [-0.2, -0.15) is 0 Å². The summed E-state index contributed by atoms with van der Waals surface area (Å²) < 4.78 is 21.3. The Bertz CT molecular complexity index is 1500. The monoisotopic (exact) mass is 474 g/mol. The van der Waals surface area contributed by atoms with Crippen LogP contribution in [0, 0.1) is 0 Å². The summed E-state index contributed by atoms with van der Waals surface area (Å²) in [6.07, 6.45) is 1.56. The van der Waals surface area contributed by atoms with Crippen LogP contribution in [0.25, 0.3) is 17.0 Å². The zero-order chi connectivity index (χ0) is 23.8. The van der Waals surface area contributed by atoms with E-state index in [1.54, 1.807) is 54.6 Å². The second kappa shape index (κ2) is 8.53. The number of hydrogen-bond acceptors (Lipinski definition) is 7. The van der Waals surface area contributed by atoms with Crippen LogP contribution in [0.2, 0.25) is 5.02 Å². The number of furan rings is 1. The number of methoxy groups -OCH3 is 1. The Morgan fingerprint density at radius 1 is 0.941 bits per heavy atom. The quantitative estimate of drug-likeness (QED) is 0.212. The van der Waals surface area contributed by atoms with Gasteiger partial charge in [-0.1, -0.05) is 23.7 Å². The summed E-state index contributed by atoms with van der Waals surface area (Å²) in [5.41, 5.74) is 1.91. The molecular formula is C26H15ClO7. The Morgan fingerprint density at radius 3 is 2.50 bits per heavy atom. The van der Waals surface area contributed by atoms with Crippen molar-refractivity contribution < 1.29 is 33.0 Å². The van der Waals surface area contributed by atoms with Crippen LogP contribution >= 0.6 is 11.6 Å². The van der Waals surface area contributed by atoms with E-state index in [2.05, 4.69) is 4.74 Å². The number of carbonyl (C=O) groups is 3. The number of fused-ring (bicyclic) bond motifs is 2. The van der Waals surface area contributed by atoms with Gasteiger partial charge >= 0.3 is 11.9 Å². The summed E-state index contributed by atoms with van der Waals surface area (Å²) in [7, 11) is 1.30. The molecule has 0 bridgehead atoms.